The second-order valence-electron chi connectivity index (χ2n) is 4.27. The summed E-state index contributed by atoms with van der Waals surface area (Å²) in [6, 6.07) is 13.5. The van der Waals surface area contributed by atoms with Gasteiger partial charge >= 0.3 is 5.97 Å². The molecule has 1 aromatic heterocycles. The van der Waals surface area contributed by atoms with Crippen molar-refractivity contribution < 1.29 is 14.3 Å². The van der Waals surface area contributed by atoms with Crippen LogP contribution in [0.2, 0.25) is 5.02 Å². The maximum Gasteiger partial charge on any atom is 0.336 e. The maximum absolute atomic E-state index is 11.2. The molecule has 3 rings (SSSR count). The largest absolute Gasteiger partial charge is 0.478 e. The number of benzene rings is 2. The molecular formula is C15H9ClN2O3. The van der Waals surface area contributed by atoms with E-state index in [0.717, 1.165) is 0 Å². The summed E-state index contributed by atoms with van der Waals surface area (Å²) in [7, 11) is 0. The Balaban J connectivity index is 2.05. The second-order valence-corrected chi connectivity index (χ2v) is 4.71. The first-order valence-corrected chi connectivity index (χ1v) is 6.45. The van der Waals surface area contributed by atoms with Crippen molar-refractivity contribution in [2.75, 3.05) is 0 Å². The molecule has 0 aliphatic carbocycles. The van der Waals surface area contributed by atoms with Gasteiger partial charge in [-0.2, -0.15) is 0 Å². The highest BCUT2D eigenvalue weighted by Crippen LogP contribution is 2.27. The van der Waals surface area contributed by atoms with Crippen LogP contribution in [-0.4, -0.2) is 21.3 Å². The van der Waals surface area contributed by atoms with Gasteiger partial charge in [0.2, 0.25) is 11.8 Å². The normalized spacial score (nSPS) is 10.5. The van der Waals surface area contributed by atoms with Crippen LogP contribution in [-0.2, 0) is 0 Å². The third-order valence-corrected chi connectivity index (χ3v) is 3.12. The van der Waals surface area contributed by atoms with E-state index in [1.807, 2.05) is 0 Å². The number of aromatic nitrogens is 2. The highest BCUT2D eigenvalue weighted by molar-refractivity contribution is 6.30. The van der Waals surface area contributed by atoms with E-state index in [-0.39, 0.29) is 17.3 Å². The molecule has 0 spiro atoms. The number of nitrogens with zero attached hydrogens (tertiary/aromatic N) is 2. The van der Waals surface area contributed by atoms with Gasteiger partial charge in [-0.3, -0.25) is 0 Å². The number of aromatic carboxylic acids is 1. The zero-order valence-corrected chi connectivity index (χ0v) is 11.4. The zero-order chi connectivity index (χ0) is 14.8. The minimum atomic E-state index is -1.05. The van der Waals surface area contributed by atoms with Crippen LogP contribution in [0.1, 0.15) is 10.4 Å². The fourth-order valence-corrected chi connectivity index (χ4v) is 2.12. The fraction of sp³-hybridized carbons (Fsp3) is 0. The molecule has 5 nitrogen and oxygen atoms in total. The minimum Gasteiger partial charge on any atom is -0.478 e. The number of rotatable bonds is 3. The molecule has 0 unspecified atom stereocenters. The summed E-state index contributed by atoms with van der Waals surface area (Å²) >= 11 is 5.92. The van der Waals surface area contributed by atoms with Gasteiger partial charge < -0.3 is 9.52 Å². The lowest BCUT2D eigenvalue weighted by Crippen LogP contribution is -1.98. The van der Waals surface area contributed by atoms with Gasteiger partial charge in [-0.05, 0) is 30.3 Å². The van der Waals surface area contributed by atoms with E-state index >= 15 is 0 Å². The summed E-state index contributed by atoms with van der Waals surface area (Å²) in [6.45, 7) is 0. The summed E-state index contributed by atoms with van der Waals surface area (Å²) in [5.74, 6) is -0.608. The number of carboxylic acids is 1. The lowest BCUT2D eigenvalue weighted by atomic mass is 10.1. The Hall–Kier alpha value is -2.66. The smallest absolute Gasteiger partial charge is 0.336 e. The van der Waals surface area contributed by atoms with E-state index in [1.54, 1.807) is 42.5 Å². The van der Waals surface area contributed by atoms with Crippen LogP contribution in [0.5, 0.6) is 0 Å². The number of carbonyl (C=O) groups is 1. The minimum absolute atomic E-state index is 0.110. The van der Waals surface area contributed by atoms with E-state index < -0.39 is 5.97 Å². The SMILES string of the molecule is O=C(O)c1ccccc1-c1nnc(-c2cccc(Cl)c2)o1. The summed E-state index contributed by atoms with van der Waals surface area (Å²) in [5, 5.41) is 17.6. The molecule has 1 heterocycles. The molecular weight excluding hydrogens is 292 g/mol. The Kier molecular flexibility index (Phi) is 3.41. The van der Waals surface area contributed by atoms with Crippen molar-refractivity contribution in [3.63, 3.8) is 0 Å². The van der Waals surface area contributed by atoms with E-state index in [2.05, 4.69) is 10.2 Å². The third-order valence-electron chi connectivity index (χ3n) is 2.88. The molecule has 6 heteroatoms. The van der Waals surface area contributed by atoms with Crippen LogP contribution in [0, 0.1) is 0 Å². The first-order chi connectivity index (χ1) is 10.1. The summed E-state index contributed by atoms with van der Waals surface area (Å²) < 4.78 is 5.56. The predicted octanol–water partition coefficient (Wildman–Crippen LogP) is 3.76. The van der Waals surface area contributed by atoms with Crippen molar-refractivity contribution >= 4 is 17.6 Å². The monoisotopic (exact) mass is 300 g/mol. The quantitative estimate of drug-likeness (QED) is 0.797. The summed E-state index contributed by atoms with van der Waals surface area (Å²) in [6.07, 6.45) is 0. The van der Waals surface area contributed by atoms with Gasteiger partial charge in [0.15, 0.2) is 0 Å². The molecule has 1 N–H and O–H groups in total. The Bertz CT molecular complexity index is 814. The van der Waals surface area contributed by atoms with Gasteiger partial charge in [0, 0.05) is 10.6 Å². The van der Waals surface area contributed by atoms with Gasteiger partial charge in [0.1, 0.15) is 0 Å². The van der Waals surface area contributed by atoms with Crippen molar-refractivity contribution in [1.82, 2.24) is 10.2 Å². The maximum atomic E-state index is 11.2. The molecule has 21 heavy (non-hydrogen) atoms. The van der Waals surface area contributed by atoms with E-state index in [1.165, 1.54) is 6.07 Å². The molecule has 3 aromatic rings. The number of hydrogen-bond acceptors (Lipinski definition) is 4. The number of halogens is 1. The van der Waals surface area contributed by atoms with Crippen LogP contribution < -0.4 is 0 Å². The standard InChI is InChI=1S/C15H9ClN2O3/c16-10-5-3-4-9(8-10)13-17-18-14(21-13)11-6-1-2-7-12(11)15(19)20/h1-8H,(H,19,20). The van der Waals surface area contributed by atoms with Gasteiger partial charge in [0.25, 0.3) is 0 Å². The Morgan fingerprint density at radius 3 is 2.57 bits per heavy atom. The average Bonchev–Trinajstić information content (AvgIpc) is 2.97. The molecule has 0 bridgehead atoms. The molecule has 0 saturated heterocycles. The van der Waals surface area contributed by atoms with Crippen LogP contribution in [0.3, 0.4) is 0 Å². The molecule has 0 radical (unpaired) electrons. The molecule has 2 aromatic carbocycles. The van der Waals surface area contributed by atoms with Crippen LogP contribution in [0.4, 0.5) is 0 Å². The molecule has 0 atom stereocenters. The number of hydrogen-bond donors (Lipinski definition) is 1. The van der Waals surface area contributed by atoms with Crippen molar-refractivity contribution in [3.05, 3.63) is 59.1 Å². The van der Waals surface area contributed by atoms with Crippen LogP contribution in [0.15, 0.2) is 52.9 Å². The molecule has 0 amide bonds. The van der Waals surface area contributed by atoms with Crippen LogP contribution >= 0.6 is 11.6 Å². The first kappa shape index (κ1) is 13.3. The molecule has 0 saturated carbocycles. The first-order valence-electron chi connectivity index (χ1n) is 6.07. The Labute approximate surface area is 124 Å². The molecule has 0 aliphatic heterocycles. The number of carboxylic acid groups (broad SMARTS) is 1. The Morgan fingerprint density at radius 1 is 1.05 bits per heavy atom. The van der Waals surface area contributed by atoms with Crippen molar-refractivity contribution in [2.45, 2.75) is 0 Å². The predicted molar refractivity (Wildman–Crippen MR) is 77.1 cm³/mol. The van der Waals surface area contributed by atoms with Crippen molar-refractivity contribution in [3.8, 4) is 22.9 Å². The van der Waals surface area contributed by atoms with Crippen LogP contribution in [0.25, 0.3) is 22.9 Å². The molecule has 0 fully saturated rings. The second kappa shape index (κ2) is 5.38. The summed E-state index contributed by atoms with van der Waals surface area (Å²) in [4.78, 5) is 11.2. The fourth-order valence-electron chi connectivity index (χ4n) is 1.93. The van der Waals surface area contributed by atoms with Gasteiger partial charge in [-0.1, -0.05) is 29.8 Å². The lowest BCUT2D eigenvalue weighted by molar-refractivity contribution is 0.0697. The molecule has 0 aliphatic rings. The Morgan fingerprint density at radius 2 is 1.81 bits per heavy atom. The topological polar surface area (TPSA) is 76.2 Å². The van der Waals surface area contributed by atoms with E-state index in [0.29, 0.717) is 16.1 Å². The summed E-state index contributed by atoms with van der Waals surface area (Å²) in [5.41, 5.74) is 1.17. The van der Waals surface area contributed by atoms with Crippen molar-refractivity contribution in [2.24, 2.45) is 0 Å². The third kappa shape index (κ3) is 2.64. The van der Waals surface area contributed by atoms with E-state index in [9.17, 15) is 9.90 Å². The lowest BCUT2D eigenvalue weighted by Gasteiger charge is -2.00. The van der Waals surface area contributed by atoms with Gasteiger partial charge in [-0.25, -0.2) is 4.79 Å². The highest BCUT2D eigenvalue weighted by Gasteiger charge is 2.17. The molecule has 104 valence electrons. The van der Waals surface area contributed by atoms with Gasteiger partial charge in [0.05, 0.1) is 11.1 Å². The van der Waals surface area contributed by atoms with E-state index in [4.69, 9.17) is 16.0 Å². The van der Waals surface area contributed by atoms with Crippen molar-refractivity contribution in [1.29, 1.82) is 0 Å². The average molecular weight is 301 g/mol. The van der Waals surface area contributed by atoms with Gasteiger partial charge in [-0.15, -0.1) is 10.2 Å². The highest BCUT2D eigenvalue weighted by atomic mass is 35.5. The zero-order valence-electron chi connectivity index (χ0n) is 10.7.